The highest BCUT2D eigenvalue weighted by atomic mass is 35.5. The molecule has 1 amide bonds. The number of methoxy groups -OCH3 is 1. The quantitative estimate of drug-likeness (QED) is 0.802. The van der Waals surface area contributed by atoms with Crippen LogP contribution in [0.2, 0.25) is 0 Å². The SMILES string of the molecule is CCN[C@H](C)CNC(=O)c1ccn(-c2cc(C)ccc2OC)n1.Cl. The molecule has 1 heterocycles. The van der Waals surface area contributed by atoms with Crippen LogP contribution in [0.15, 0.2) is 30.5 Å². The fourth-order valence-electron chi connectivity index (χ4n) is 2.32. The molecule has 0 radical (unpaired) electrons. The van der Waals surface area contributed by atoms with Crippen LogP contribution in [0.5, 0.6) is 5.75 Å². The lowest BCUT2D eigenvalue weighted by Gasteiger charge is -2.12. The third kappa shape index (κ3) is 4.97. The standard InChI is InChI=1S/C17H24N4O2.ClH/c1-5-18-13(3)11-19-17(22)14-8-9-21(20-14)15-10-12(2)6-7-16(15)23-4;/h6-10,13,18H,5,11H2,1-4H3,(H,19,22);1H/t13-;/m1./s1. The van der Waals surface area contributed by atoms with Crippen LogP contribution in [0, 0.1) is 6.92 Å². The Labute approximate surface area is 149 Å². The molecule has 0 fully saturated rings. The third-order valence-corrected chi connectivity index (χ3v) is 3.52. The molecule has 24 heavy (non-hydrogen) atoms. The highest BCUT2D eigenvalue weighted by molar-refractivity contribution is 5.92. The zero-order chi connectivity index (χ0) is 16.8. The van der Waals surface area contributed by atoms with Crippen LogP contribution in [-0.4, -0.2) is 41.9 Å². The lowest BCUT2D eigenvalue weighted by molar-refractivity contribution is 0.0945. The molecular weight excluding hydrogens is 328 g/mol. The smallest absolute Gasteiger partial charge is 0.271 e. The van der Waals surface area contributed by atoms with E-state index in [1.807, 2.05) is 39.0 Å². The van der Waals surface area contributed by atoms with Gasteiger partial charge in [0.25, 0.3) is 5.91 Å². The molecule has 0 unspecified atom stereocenters. The number of nitrogens with one attached hydrogen (secondary N) is 2. The van der Waals surface area contributed by atoms with Gasteiger partial charge in [0.1, 0.15) is 11.4 Å². The van der Waals surface area contributed by atoms with Crippen molar-refractivity contribution >= 4 is 18.3 Å². The number of halogens is 1. The molecule has 7 heteroatoms. The van der Waals surface area contributed by atoms with Crippen LogP contribution in [0.1, 0.15) is 29.9 Å². The average Bonchev–Trinajstić information content (AvgIpc) is 3.02. The Morgan fingerprint density at radius 1 is 1.38 bits per heavy atom. The minimum absolute atomic E-state index is 0. The maximum atomic E-state index is 12.2. The van der Waals surface area contributed by atoms with Gasteiger partial charge in [0.05, 0.1) is 7.11 Å². The van der Waals surface area contributed by atoms with E-state index < -0.39 is 0 Å². The number of rotatable bonds is 7. The minimum atomic E-state index is -0.180. The van der Waals surface area contributed by atoms with Crippen molar-refractivity contribution in [2.24, 2.45) is 0 Å². The zero-order valence-electron chi connectivity index (χ0n) is 14.5. The molecule has 1 atom stereocenters. The van der Waals surface area contributed by atoms with Gasteiger partial charge in [-0.25, -0.2) is 4.68 Å². The molecule has 6 nitrogen and oxygen atoms in total. The van der Waals surface area contributed by atoms with Crippen molar-refractivity contribution < 1.29 is 9.53 Å². The maximum absolute atomic E-state index is 12.2. The monoisotopic (exact) mass is 352 g/mol. The number of benzene rings is 1. The maximum Gasteiger partial charge on any atom is 0.271 e. The Kier molecular flexibility index (Phi) is 7.74. The van der Waals surface area contributed by atoms with Gasteiger partial charge in [0, 0.05) is 18.8 Å². The molecule has 0 aliphatic carbocycles. The number of aromatic nitrogens is 2. The first-order valence-electron chi connectivity index (χ1n) is 7.77. The van der Waals surface area contributed by atoms with Crippen LogP contribution < -0.4 is 15.4 Å². The normalized spacial score (nSPS) is 11.5. The number of hydrogen-bond donors (Lipinski definition) is 2. The molecule has 132 valence electrons. The Hall–Kier alpha value is -2.05. The first-order valence-corrected chi connectivity index (χ1v) is 7.77. The Morgan fingerprint density at radius 3 is 2.79 bits per heavy atom. The summed E-state index contributed by atoms with van der Waals surface area (Å²) >= 11 is 0. The molecule has 0 aliphatic rings. The van der Waals surface area contributed by atoms with Crippen LogP contribution in [0.25, 0.3) is 5.69 Å². The van der Waals surface area contributed by atoms with Crippen molar-refractivity contribution in [3.8, 4) is 11.4 Å². The van der Waals surface area contributed by atoms with Gasteiger partial charge < -0.3 is 15.4 Å². The summed E-state index contributed by atoms with van der Waals surface area (Å²) in [5.41, 5.74) is 2.30. The summed E-state index contributed by atoms with van der Waals surface area (Å²) in [5.74, 6) is 0.534. The Morgan fingerprint density at radius 2 is 2.12 bits per heavy atom. The van der Waals surface area contributed by atoms with Crippen molar-refractivity contribution in [1.82, 2.24) is 20.4 Å². The van der Waals surface area contributed by atoms with Gasteiger partial charge in [-0.15, -0.1) is 12.4 Å². The van der Waals surface area contributed by atoms with E-state index in [-0.39, 0.29) is 24.4 Å². The fourth-order valence-corrected chi connectivity index (χ4v) is 2.32. The number of ether oxygens (including phenoxy) is 1. The van der Waals surface area contributed by atoms with E-state index in [2.05, 4.69) is 15.7 Å². The van der Waals surface area contributed by atoms with Gasteiger partial charge in [0.2, 0.25) is 0 Å². The highest BCUT2D eigenvalue weighted by Crippen LogP contribution is 2.23. The van der Waals surface area contributed by atoms with Gasteiger partial charge >= 0.3 is 0 Å². The molecule has 1 aromatic heterocycles. The number of hydrogen-bond acceptors (Lipinski definition) is 4. The molecule has 2 N–H and O–H groups in total. The van der Waals surface area contributed by atoms with Crippen molar-refractivity contribution in [3.63, 3.8) is 0 Å². The number of aryl methyl sites for hydroxylation is 1. The molecule has 0 bridgehead atoms. The molecular formula is C17H25ClN4O2. The van der Waals surface area contributed by atoms with Gasteiger partial charge in [-0.1, -0.05) is 13.0 Å². The van der Waals surface area contributed by atoms with Crippen LogP contribution >= 0.6 is 12.4 Å². The van der Waals surface area contributed by atoms with Gasteiger partial charge in [-0.3, -0.25) is 4.79 Å². The average molecular weight is 353 g/mol. The number of nitrogens with zero attached hydrogens (tertiary/aromatic N) is 2. The topological polar surface area (TPSA) is 68.2 Å². The lowest BCUT2D eigenvalue weighted by atomic mass is 10.2. The summed E-state index contributed by atoms with van der Waals surface area (Å²) < 4.78 is 7.02. The molecule has 0 aliphatic heterocycles. The zero-order valence-corrected chi connectivity index (χ0v) is 15.3. The second-order valence-electron chi connectivity index (χ2n) is 5.49. The fraction of sp³-hybridized carbons (Fsp3) is 0.412. The van der Waals surface area contributed by atoms with Crippen LogP contribution in [0.4, 0.5) is 0 Å². The molecule has 2 aromatic rings. The van der Waals surface area contributed by atoms with E-state index in [0.29, 0.717) is 18.0 Å². The molecule has 0 saturated carbocycles. The second kappa shape index (κ2) is 9.30. The summed E-state index contributed by atoms with van der Waals surface area (Å²) in [4.78, 5) is 12.2. The predicted octanol–water partition coefficient (Wildman–Crippen LogP) is 2.34. The third-order valence-electron chi connectivity index (χ3n) is 3.52. The summed E-state index contributed by atoms with van der Waals surface area (Å²) in [6, 6.07) is 7.77. The lowest BCUT2D eigenvalue weighted by Crippen LogP contribution is -2.38. The molecule has 0 spiro atoms. The van der Waals surface area contributed by atoms with Gasteiger partial charge in [-0.05, 0) is 44.2 Å². The van der Waals surface area contributed by atoms with Crippen molar-refractivity contribution in [3.05, 3.63) is 41.7 Å². The summed E-state index contributed by atoms with van der Waals surface area (Å²) in [7, 11) is 1.62. The van der Waals surface area contributed by atoms with Crippen molar-refractivity contribution in [2.45, 2.75) is 26.8 Å². The Bertz CT molecular complexity index is 672. The molecule has 0 saturated heterocycles. The summed E-state index contributed by atoms with van der Waals surface area (Å²) in [6.45, 7) is 7.50. The predicted molar refractivity (Wildman–Crippen MR) is 97.6 cm³/mol. The number of amides is 1. The van der Waals surface area contributed by atoms with E-state index in [1.165, 1.54) is 0 Å². The van der Waals surface area contributed by atoms with Gasteiger partial charge in [-0.2, -0.15) is 5.10 Å². The summed E-state index contributed by atoms with van der Waals surface area (Å²) in [6.07, 6.45) is 1.76. The number of likely N-dealkylation sites (N-methyl/N-ethyl adjacent to an activating group) is 1. The van der Waals surface area contributed by atoms with E-state index in [0.717, 1.165) is 17.8 Å². The van der Waals surface area contributed by atoms with E-state index >= 15 is 0 Å². The first kappa shape index (κ1) is 20.0. The van der Waals surface area contributed by atoms with Crippen molar-refractivity contribution in [1.29, 1.82) is 0 Å². The largest absolute Gasteiger partial charge is 0.494 e. The second-order valence-corrected chi connectivity index (χ2v) is 5.49. The minimum Gasteiger partial charge on any atom is -0.494 e. The van der Waals surface area contributed by atoms with E-state index in [4.69, 9.17) is 4.74 Å². The van der Waals surface area contributed by atoms with Crippen LogP contribution in [0.3, 0.4) is 0 Å². The van der Waals surface area contributed by atoms with Crippen LogP contribution in [-0.2, 0) is 0 Å². The van der Waals surface area contributed by atoms with E-state index in [1.54, 1.807) is 24.1 Å². The van der Waals surface area contributed by atoms with Gasteiger partial charge in [0.15, 0.2) is 5.69 Å². The molecule has 1 aromatic carbocycles. The van der Waals surface area contributed by atoms with Crippen molar-refractivity contribution in [2.75, 3.05) is 20.2 Å². The number of carbonyl (C=O) groups is 1. The highest BCUT2D eigenvalue weighted by Gasteiger charge is 2.13. The summed E-state index contributed by atoms with van der Waals surface area (Å²) in [5, 5.41) is 10.5. The Balaban J connectivity index is 0.00000288. The molecule has 2 rings (SSSR count). The first-order chi connectivity index (χ1) is 11.0. The van der Waals surface area contributed by atoms with E-state index in [9.17, 15) is 4.79 Å². The number of carbonyl (C=O) groups excluding carboxylic acids is 1.